The van der Waals surface area contributed by atoms with Gasteiger partial charge in [-0.15, -0.1) is 13.2 Å². The molecule has 1 unspecified atom stereocenters. The van der Waals surface area contributed by atoms with Crippen LogP contribution in [0.5, 0.6) is 5.75 Å². The van der Waals surface area contributed by atoms with E-state index in [-0.39, 0.29) is 42.1 Å². The van der Waals surface area contributed by atoms with Crippen LogP contribution in [0, 0.1) is 0 Å². The van der Waals surface area contributed by atoms with Gasteiger partial charge in [0.25, 0.3) is 5.92 Å². The lowest BCUT2D eigenvalue weighted by Crippen LogP contribution is -2.46. The monoisotopic (exact) mass is 583 g/mol. The van der Waals surface area contributed by atoms with Gasteiger partial charge in [-0.05, 0) is 48.7 Å². The molecule has 0 aromatic heterocycles. The molecule has 0 saturated heterocycles. The average molecular weight is 583 g/mol. The first kappa shape index (κ1) is 31.2. The Morgan fingerprint density at radius 2 is 1.60 bits per heavy atom. The zero-order valence-corrected chi connectivity index (χ0v) is 21.2. The number of amidine groups is 1. The van der Waals surface area contributed by atoms with Gasteiger partial charge in [0, 0.05) is 19.3 Å². The molecule has 2 aromatic carbocycles. The van der Waals surface area contributed by atoms with Gasteiger partial charge in [0.15, 0.2) is 19.1 Å². The highest BCUT2D eigenvalue weighted by atomic mass is 19.4. The van der Waals surface area contributed by atoms with Gasteiger partial charge in [-0.1, -0.05) is 41.6 Å². The highest BCUT2D eigenvalue weighted by Crippen LogP contribution is 2.38. The fourth-order valence-electron chi connectivity index (χ4n) is 4.26. The molecule has 3 rings (SSSR count). The summed E-state index contributed by atoms with van der Waals surface area (Å²) < 4.78 is 122. The van der Waals surface area contributed by atoms with Crippen LogP contribution >= 0.6 is 0 Å². The maximum atomic E-state index is 13.9. The SMILES string of the molecule is CC1=NC(CC(NCCCC(F)(F)F)(c2cccc(CC(F)(F)CF)c2)c2cccc(OC(F)(F)F)c2)=NOC1. The quantitative estimate of drug-likeness (QED) is 0.214. The molecular weight excluding hydrogens is 557 g/mol. The van der Waals surface area contributed by atoms with E-state index in [4.69, 9.17) is 4.84 Å². The van der Waals surface area contributed by atoms with Gasteiger partial charge in [0.05, 0.1) is 11.3 Å². The number of aliphatic imine (C=N–C) groups is 1. The number of alkyl halides is 9. The van der Waals surface area contributed by atoms with Crippen molar-refractivity contribution in [3.63, 3.8) is 0 Å². The number of nitrogens with zero attached hydrogens (tertiary/aromatic N) is 2. The molecular formula is C26H26F9N3O2. The fourth-order valence-corrected chi connectivity index (χ4v) is 4.26. The predicted octanol–water partition coefficient (Wildman–Crippen LogP) is 7.10. The van der Waals surface area contributed by atoms with Crippen molar-refractivity contribution in [3.05, 3.63) is 65.2 Å². The second-order valence-corrected chi connectivity index (χ2v) is 9.30. The van der Waals surface area contributed by atoms with Gasteiger partial charge in [0.2, 0.25) is 0 Å². The highest BCUT2D eigenvalue weighted by molar-refractivity contribution is 5.99. The molecule has 0 spiro atoms. The second-order valence-electron chi connectivity index (χ2n) is 9.30. The molecule has 0 saturated carbocycles. The standard InChI is InChI=1S/C26H26F9N3O2/c1-17-15-39-38-22(37-17)14-24(36-10-4-9-25(30,31)32,20-7-3-8-21(12-20)40-26(33,34)35)19-6-2-5-18(11-19)13-23(28,29)16-27/h2-3,5-8,11-12,36H,4,9-10,13-16H2,1H3. The normalized spacial score (nSPS) is 16.1. The minimum atomic E-state index is -5.04. The molecule has 1 N–H and O–H groups in total. The Morgan fingerprint density at radius 3 is 2.23 bits per heavy atom. The molecule has 0 fully saturated rings. The van der Waals surface area contributed by atoms with Gasteiger partial charge < -0.3 is 14.9 Å². The molecule has 2 aromatic rings. The highest BCUT2D eigenvalue weighted by Gasteiger charge is 2.39. The second kappa shape index (κ2) is 12.5. The number of halogens is 9. The summed E-state index contributed by atoms with van der Waals surface area (Å²) in [6.45, 7) is -0.509. The van der Waals surface area contributed by atoms with E-state index in [2.05, 4.69) is 20.2 Å². The van der Waals surface area contributed by atoms with E-state index in [1.165, 1.54) is 36.4 Å². The minimum absolute atomic E-state index is 0.00849. The topological polar surface area (TPSA) is 55.2 Å². The lowest BCUT2D eigenvalue weighted by Gasteiger charge is -2.37. The molecule has 0 bridgehead atoms. The van der Waals surface area contributed by atoms with Crippen molar-refractivity contribution in [2.45, 2.75) is 56.6 Å². The first-order chi connectivity index (χ1) is 18.6. The third-order valence-electron chi connectivity index (χ3n) is 5.89. The average Bonchev–Trinajstić information content (AvgIpc) is 2.84. The van der Waals surface area contributed by atoms with Crippen LogP contribution in [-0.4, -0.2) is 49.8 Å². The van der Waals surface area contributed by atoms with Gasteiger partial charge in [-0.25, -0.2) is 18.2 Å². The molecule has 220 valence electrons. The maximum absolute atomic E-state index is 13.9. The van der Waals surface area contributed by atoms with E-state index < -0.39 is 55.7 Å². The molecule has 1 atom stereocenters. The number of rotatable bonds is 12. The summed E-state index contributed by atoms with van der Waals surface area (Å²) in [5, 5.41) is 6.88. The van der Waals surface area contributed by atoms with Gasteiger partial charge in [-0.3, -0.25) is 0 Å². The Morgan fingerprint density at radius 1 is 0.925 bits per heavy atom. The van der Waals surface area contributed by atoms with Crippen LogP contribution in [-0.2, 0) is 16.8 Å². The molecule has 0 aliphatic carbocycles. The van der Waals surface area contributed by atoms with E-state index in [1.54, 1.807) is 6.92 Å². The summed E-state index contributed by atoms with van der Waals surface area (Å²) in [6.07, 6.45) is -12.3. The van der Waals surface area contributed by atoms with E-state index >= 15 is 0 Å². The number of nitrogens with one attached hydrogen (secondary N) is 1. The largest absolute Gasteiger partial charge is 0.573 e. The van der Waals surface area contributed by atoms with Gasteiger partial charge in [-0.2, -0.15) is 13.2 Å². The summed E-state index contributed by atoms with van der Waals surface area (Å²) in [5.41, 5.74) is -0.859. The predicted molar refractivity (Wildman–Crippen MR) is 129 cm³/mol. The van der Waals surface area contributed by atoms with Crippen molar-refractivity contribution >= 4 is 11.5 Å². The van der Waals surface area contributed by atoms with Crippen LogP contribution in [0.25, 0.3) is 0 Å². The Kier molecular flexibility index (Phi) is 9.75. The molecule has 5 nitrogen and oxygen atoms in total. The van der Waals surface area contributed by atoms with E-state index in [1.807, 2.05) is 0 Å². The number of benzene rings is 2. The van der Waals surface area contributed by atoms with Crippen molar-refractivity contribution in [2.24, 2.45) is 10.1 Å². The third-order valence-corrected chi connectivity index (χ3v) is 5.89. The minimum Gasteiger partial charge on any atom is -0.406 e. The van der Waals surface area contributed by atoms with Gasteiger partial charge in [0.1, 0.15) is 5.75 Å². The Labute approximate surface area is 224 Å². The molecule has 0 amide bonds. The number of hydrogen-bond acceptors (Lipinski definition) is 5. The van der Waals surface area contributed by atoms with Gasteiger partial charge >= 0.3 is 12.5 Å². The zero-order valence-electron chi connectivity index (χ0n) is 21.2. The smallest absolute Gasteiger partial charge is 0.406 e. The fraction of sp³-hybridized carbons (Fsp3) is 0.462. The number of ether oxygens (including phenoxy) is 1. The Bertz CT molecular complexity index is 1210. The van der Waals surface area contributed by atoms with Crippen molar-refractivity contribution in [1.29, 1.82) is 0 Å². The molecule has 14 heteroatoms. The molecule has 0 radical (unpaired) electrons. The lowest BCUT2D eigenvalue weighted by atomic mass is 9.78. The van der Waals surface area contributed by atoms with E-state index in [0.717, 1.165) is 12.1 Å². The number of oxime groups is 1. The van der Waals surface area contributed by atoms with Crippen LogP contribution in [0.3, 0.4) is 0 Å². The van der Waals surface area contributed by atoms with Crippen molar-refractivity contribution in [3.8, 4) is 5.75 Å². The first-order valence-corrected chi connectivity index (χ1v) is 12.1. The molecule has 1 aliphatic heterocycles. The summed E-state index contributed by atoms with van der Waals surface area (Å²) in [7, 11) is 0. The first-order valence-electron chi connectivity index (χ1n) is 12.1. The third kappa shape index (κ3) is 9.14. The van der Waals surface area contributed by atoms with Crippen molar-refractivity contribution in [1.82, 2.24) is 5.32 Å². The van der Waals surface area contributed by atoms with Crippen molar-refractivity contribution < 1.29 is 49.1 Å². The van der Waals surface area contributed by atoms with Crippen LogP contribution in [0.2, 0.25) is 0 Å². The van der Waals surface area contributed by atoms with E-state index in [0.29, 0.717) is 5.71 Å². The van der Waals surface area contributed by atoms with Crippen LogP contribution in [0.15, 0.2) is 58.7 Å². The van der Waals surface area contributed by atoms with Crippen LogP contribution < -0.4 is 10.1 Å². The number of hydrogen-bond donors (Lipinski definition) is 1. The van der Waals surface area contributed by atoms with E-state index in [9.17, 15) is 39.5 Å². The molecule has 1 aliphatic rings. The summed E-state index contributed by atoms with van der Waals surface area (Å²) in [6, 6.07) is 10.2. The maximum Gasteiger partial charge on any atom is 0.573 e. The van der Waals surface area contributed by atoms with Crippen LogP contribution in [0.1, 0.15) is 42.9 Å². The Balaban J connectivity index is 2.17. The molecule has 1 heterocycles. The van der Waals surface area contributed by atoms with Crippen LogP contribution in [0.4, 0.5) is 39.5 Å². The Hall–Kier alpha value is -3.29. The van der Waals surface area contributed by atoms with Crippen molar-refractivity contribution in [2.75, 3.05) is 19.8 Å². The summed E-state index contributed by atoms with van der Waals surface area (Å²) in [5.74, 6) is -4.26. The summed E-state index contributed by atoms with van der Waals surface area (Å²) >= 11 is 0. The molecule has 40 heavy (non-hydrogen) atoms. The lowest BCUT2D eigenvalue weighted by molar-refractivity contribution is -0.274. The summed E-state index contributed by atoms with van der Waals surface area (Å²) in [4.78, 5) is 9.45. The zero-order chi connectivity index (χ0) is 29.6.